The largest absolute Gasteiger partial charge is 0.366 e. The van der Waals surface area contributed by atoms with Crippen LogP contribution in [0.25, 0.3) is 6.08 Å². The Hall–Kier alpha value is -1.16. The van der Waals surface area contributed by atoms with Crippen molar-refractivity contribution in [2.45, 2.75) is 0 Å². The fraction of sp³-hybridized carbons (Fsp3) is 0. The van der Waals surface area contributed by atoms with Gasteiger partial charge in [-0.2, -0.15) is 0 Å². The first kappa shape index (κ1) is 8.93. The lowest BCUT2D eigenvalue weighted by Gasteiger charge is -1.91. The van der Waals surface area contributed by atoms with Crippen molar-refractivity contribution in [2.75, 3.05) is 0 Å². The third-order valence-electron chi connectivity index (χ3n) is 1.19. The van der Waals surface area contributed by atoms with Crippen LogP contribution >= 0.6 is 15.9 Å². The number of aromatic nitrogens is 1. The second kappa shape index (κ2) is 4.01. The van der Waals surface area contributed by atoms with Gasteiger partial charge in [0.25, 0.3) is 0 Å². The summed E-state index contributed by atoms with van der Waals surface area (Å²) in [5.41, 5.74) is 5.76. The second-order valence-electron chi connectivity index (χ2n) is 2.15. The van der Waals surface area contributed by atoms with Gasteiger partial charge >= 0.3 is 0 Å². The van der Waals surface area contributed by atoms with Crippen molar-refractivity contribution in [3.05, 3.63) is 34.6 Å². The summed E-state index contributed by atoms with van der Waals surface area (Å²) >= 11 is 3.20. The molecule has 1 aromatic rings. The minimum atomic E-state index is -0.460. The van der Waals surface area contributed by atoms with Gasteiger partial charge < -0.3 is 5.73 Å². The van der Waals surface area contributed by atoms with Crippen LogP contribution in [0.4, 0.5) is 0 Å². The van der Waals surface area contributed by atoms with Gasteiger partial charge in [-0.15, -0.1) is 0 Å². The molecule has 1 amide bonds. The lowest BCUT2D eigenvalue weighted by Crippen LogP contribution is -2.05. The fourth-order valence-electron chi connectivity index (χ4n) is 0.664. The predicted molar refractivity (Wildman–Crippen MR) is 50.2 cm³/mol. The van der Waals surface area contributed by atoms with Gasteiger partial charge in [0, 0.05) is 12.3 Å². The van der Waals surface area contributed by atoms with Crippen molar-refractivity contribution in [3.8, 4) is 0 Å². The van der Waals surface area contributed by atoms with E-state index in [4.69, 9.17) is 5.73 Å². The first-order chi connectivity index (χ1) is 5.68. The molecule has 0 spiro atoms. The van der Waals surface area contributed by atoms with Crippen LogP contribution in [0.2, 0.25) is 0 Å². The number of halogens is 1. The number of carbonyl (C=O) groups is 1. The molecule has 0 bridgehead atoms. The smallest absolute Gasteiger partial charge is 0.241 e. The van der Waals surface area contributed by atoms with Gasteiger partial charge in [0.05, 0.1) is 0 Å². The molecule has 0 saturated carbocycles. The van der Waals surface area contributed by atoms with Gasteiger partial charge in [-0.1, -0.05) is 6.07 Å². The second-order valence-corrected chi connectivity index (χ2v) is 2.96. The highest BCUT2D eigenvalue weighted by Crippen LogP contribution is 2.07. The van der Waals surface area contributed by atoms with Crippen molar-refractivity contribution in [3.63, 3.8) is 0 Å². The van der Waals surface area contributed by atoms with Crippen molar-refractivity contribution < 1.29 is 4.79 Å². The molecular formula is C8H7BrN2O. The third kappa shape index (κ3) is 2.84. The van der Waals surface area contributed by atoms with E-state index in [2.05, 4.69) is 20.9 Å². The minimum absolute atomic E-state index is 0.460. The molecule has 1 heterocycles. The van der Waals surface area contributed by atoms with E-state index in [-0.39, 0.29) is 0 Å². The summed E-state index contributed by atoms with van der Waals surface area (Å²) in [4.78, 5) is 14.3. The van der Waals surface area contributed by atoms with Crippen molar-refractivity contribution in [1.82, 2.24) is 4.98 Å². The van der Waals surface area contributed by atoms with E-state index in [0.29, 0.717) is 0 Å². The summed E-state index contributed by atoms with van der Waals surface area (Å²) < 4.78 is 0.763. The van der Waals surface area contributed by atoms with E-state index in [1.54, 1.807) is 18.3 Å². The highest BCUT2D eigenvalue weighted by molar-refractivity contribution is 9.10. The number of nitrogens with zero attached hydrogens (tertiary/aromatic N) is 1. The Balaban J connectivity index is 2.77. The van der Waals surface area contributed by atoms with Crippen LogP contribution in [-0.2, 0) is 4.79 Å². The van der Waals surface area contributed by atoms with Gasteiger partial charge in [0.1, 0.15) is 4.60 Å². The minimum Gasteiger partial charge on any atom is -0.366 e. The maximum absolute atomic E-state index is 10.3. The third-order valence-corrected chi connectivity index (χ3v) is 1.66. The molecule has 0 aliphatic carbocycles. The number of hydrogen-bond acceptors (Lipinski definition) is 2. The molecule has 12 heavy (non-hydrogen) atoms. The summed E-state index contributed by atoms with van der Waals surface area (Å²) in [7, 11) is 0. The van der Waals surface area contributed by atoms with Crippen molar-refractivity contribution in [1.29, 1.82) is 0 Å². The SMILES string of the molecule is NC(=O)/C=C\c1ccc(Br)nc1. The number of carbonyl (C=O) groups excluding carboxylic acids is 1. The standard InChI is InChI=1S/C8H7BrN2O/c9-7-3-1-6(5-11-7)2-4-8(10)12/h1-5H,(H2,10,12)/b4-2-. The number of hydrogen-bond donors (Lipinski definition) is 1. The zero-order valence-electron chi connectivity index (χ0n) is 6.20. The molecule has 2 N–H and O–H groups in total. The van der Waals surface area contributed by atoms with Crippen LogP contribution in [0, 0.1) is 0 Å². The van der Waals surface area contributed by atoms with E-state index in [9.17, 15) is 4.79 Å². The molecule has 1 rings (SSSR count). The number of rotatable bonds is 2. The zero-order valence-corrected chi connectivity index (χ0v) is 7.78. The van der Waals surface area contributed by atoms with E-state index < -0.39 is 5.91 Å². The van der Waals surface area contributed by atoms with Gasteiger partial charge in [-0.05, 0) is 33.6 Å². The number of nitrogens with two attached hydrogens (primary N) is 1. The molecule has 0 fully saturated rings. The summed E-state index contributed by atoms with van der Waals surface area (Å²) in [5, 5.41) is 0. The number of primary amides is 1. The molecule has 0 aromatic carbocycles. The van der Waals surface area contributed by atoms with Gasteiger partial charge in [-0.3, -0.25) is 4.79 Å². The van der Waals surface area contributed by atoms with E-state index in [1.807, 2.05) is 6.07 Å². The van der Waals surface area contributed by atoms with Crippen LogP contribution in [0.3, 0.4) is 0 Å². The zero-order chi connectivity index (χ0) is 8.97. The molecule has 0 aliphatic heterocycles. The monoisotopic (exact) mass is 226 g/mol. The van der Waals surface area contributed by atoms with Crippen LogP contribution in [-0.4, -0.2) is 10.9 Å². The molecule has 0 atom stereocenters. The number of pyridine rings is 1. The Bertz CT molecular complexity index is 305. The first-order valence-electron chi connectivity index (χ1n) is 3.27. The van der Waals surface area contributed by atoms with Crippen LogP contribution in [0.1, 0.15) is 5.56 Å². The van der Waals surface area contributed by atoms with E-state index in [0.717, 1.165) is 10.2 Å². The molecule has 3 nitrogen and oxygen atoms in total. The van der Waals surface area contributed by atoms with E-state index in [1.165, 1.54) is 6.08 Å². The summed E-state index contributed by atoms with van der Waals surface area (Å²) in [5.74, 6) is -0.460. The molecule has 0 unspecified atom stereocenters. The molecule has 0 aliphatic rings. The van der Waals surface area contributed by atoms with Crippen LogP contribution < -0.4 is 5.73 Å². The Kier molecular flexibility index (Phi) is 2.99. The predicted octanol–water partition coefficient (Wildman–Crippen LogP) is 1.34. The Morgan fingerprint density at radius 2 is 2.33 bits per heavy atom. The molecule has 0 radical (unpaired) electrons. The summed E-state index contributed by atoms with van der Waals surface area (Å²) in [6.07, 6.45) is 4.55. The van der Waals surface area contributed by atoms with Gasteiger partial charge in [0.15, 0.2) is 0 Å². The lowest BCUT2D eigenvalue weighted by atomic mass is 10.2. The summed E-state index contributed by atoms with van der Waals surface area (Å²) in [6.45, 7) is 0. The lowest BCUT2D eigenvalue weighted by molar-refractivity contribution is -0.113. The normalized spacial score (nSPS) is 10.4. The van der Waals surface area contributed by atoms with Gasteiger partial charge in [-0.25, -0.2) is 4.98 Å². The maximum atomic E-state index is 10.3. The molecule has 62 valence electrons. The topological polar surface area (TPSA) is 56.0 Å². The first-order valence-corrected chi connectivity index (χ1v) is 4.07. The van der Waals surface area contributed by atoms with Crippen molar-refractivity contribution in [2.24, 2.45) is 5.73 Å². The Labute approximate surface area is 78.4 Å². The average Bonchev–Trinajstić information content (AvgIpc) is 2.03. The Morgan fingerprint density at radius 3 is 2.83 bits per heavy atom. The van der Waals surface area contributed by atoms with Gasteiger partial charge in [0.2, 0.25) is 5.91 Å². The van der Waals surface area contributed by atoms with E-state index >= 15 is 0 Å². The number of amides is 1. The molecule has 1 aromatic heterocycles. The molecular weight excluding hydrogens is 220 g/mol. The van der Waals surface area contributed by atoms with Crippen LogP contribution in [0.5, 0.6) is 0 Å². The average molecular weight is 227 g/mol. The Morgan fingerprint density at radius 1 is 1.58 bits per heavy atom. The van der Waals surface area contributed by atoms with Crippen molar-refractivity contribution >= 4 is 27.9 Å². The summed E-state index contributed by atoms with van der Waals surface area (Å²) in [6, 6.07) is 3.62. The fourth-order valence-corrected chi connectivity index (χ4v) is 0.899. The van der Waals surface area contributed by atoms with Crippen LogP contribution in [0.15, 0.2) is 29.0 Å². The maximum Gasteiger partial charge on any atom is 0.241 e. The molecule has 0 saturated heterocycles. The molecule has 4 heteroatoms. The highest BCUT2D eigenvalue weighted by atomic mass is 79.9. The quantitative estimate of drug-likeness (QED) is 0.612. The highest BCUT2D eigenvalue weighted by Gasteiger charge is 1.89.